The maximum atomic E-state index is 11.4. The molecule has 0 unspecified atom stereocenters. The van der Waals surface area contributed by atoms with Crippen LogP contribution in [0.15, 0.2) is 0 Å². The summed E-state index contributed by atoms with van der Waals surface area (Å²) in [5.41, 5.74) is 4.45. The van der Waals surface area contributed by atoms with Gasteiger partial charge < -0.3 is 10.5 Å². The average Bonchev–Trinajstić information content (AvgIpc) is 2.79. The van der Waals surface area contributed by atoms with Gasteiger partial charge >= 0.3 is 5.97 Å². The molecule has 0 saturated heterocycles. The van der Waals surface area contributed by atoms with Crippen LogP contribution in [0.3, 0.4) is 0 Å². The highest BCUT2D eigenvalue weighted by Gasteiger charge is 2.65. The molecule has 5 nitrogen and oxygen atoms in total. The molecule has 2 atom stereocenters. The van der Waals surface area contributed by atoms with E-state index in [1.807, 2.05) is 0 Å². The molecule has 0 aromatic heterocycles. The first-order valence-corrected chi connectivity index (χ1v) is 6.40. The van der Waals surface area contributed by atoms with Crippen LogP contribution in [0.25, 0.3) is 0 Å². The number of esters is 1. The van der Waals surface area contributed by atoms with Crippen LogP contribution < -0.4 is 5.73 Å². The van der Waals surface area contributed by atoms with Crippen LogP contribution in [-0.4, -0.2) is 39.0 Å². The van der Waals surface area contributed by atoms with Gasteiger partial charge in [0.05, 0.1) is 17.3 Å². The summed E-state index contributed by atoms with van der Waals surface area (Å²) >= 11 is 0. The first-order valence-electron chi connectivity index (χ1n) is 4.44. The van der Waals surface area contributed by atoms with Crippen molar-refractivity contribution in [2.45, 2.75) is 18.6 Å². The zero-order valence-electron chi connectivity index (χ0n) is 8.32. The molecule has 1 aliphatic carbocycles. The number of nitrogens with two attached hydrogens (primary N) is 1. The molecular weight excluding hydrogens is 206 g/mol. The number of carbonyl (C=O) groups is 1. The average molecular weight is 221 g/mol. The lowest BCUT2D eigenvalue weighted by Crippen LogP contribution is -2.32. The fraction of sp³-hybridized carbons (Fsp3) is 0.875. The summed E-state index contributed by atoms with van der Waals surface area (Å²) < 4.78 is 27.2. The summed E-state index contributed by atoms with van der Waals surface area (Å²) in [6.45, 7) is 1.96. The van der Waals surface area contributed by atoms with E-state index in [2.05, 4.69) is 0 Å². The van der Waals surface area contributed by atoms with Gasteiger partial charge in [0.1, 0.15) is 0 Å². The third-order valence-corrected chi connectivity index (χ3v) is 4.22. The Balaban J connectivity index is 2.80. The van der Waals surface area contributed by atoms with E-state index in [4.69, 9.17) is 10.5 Å². The van der Waals surface area contributed by atoms with Crippen LogP contribution in [0.4, 0.5) is 0 Å². The zero-order chi connectivity index (χ0) is 11.0. The zero-order valence-corrected chi connectivity index (χ0v) is 9.13. The van der Waals surface area contributed by atoms with Crippen molar-refractivity contribution in [3.8, 4) is 0 Å². The summed E-state index contributed by atoms with van der Waals surface area (Å²) in [6.07, 6.45) is 1.41. The topological polar surface area (TPSA) is 86.5 Å². The SMILES string of the molecule is CCOC(=O)[C@]1(CN)C[C@@H]1S(C)(=O)=O. The molecule has 6 heteroatoms. The maximum Gasteiger partial charge on any atom is 0.314 e. The first kappa shape index (κ1) is 11.5. The van der Waals surface area contributed by atoms with E-state index in [0.29, 0.717) is 6.42 Å². The van der Waals surface area contributed by atoms with Crippen molar-refractivity contribution < 1.29 is 17.9 Å². The molecule has 0 spiro atoms. The van der Waals surface area contributed by atoms with E-state index in [1.165, 1.54) is 0 Å². The van der Waals surface area contributed by atoms with E-state index in [9.17, 15) is 13.2 Å². The number of ether oxygens (including phenoxy) is 1. The standard InChI is InChI=1S/C8H15NO4S/c1-3-13-7(10)8(5-9)4-6(8)14(2,11)12/h6H,3-5,9H2,1-2H3/t6-,8-/m0/s1. The molecule has 0 aliphatic heterocycles. The molecule has 0 aromatic carbocycles. The van der Waals surface area contributed by atoms with Crippen LogP contribution in [0.1, 0.15) is 13.3 Å². The van der Waals surface area contributed by atoms with Crippen LogP contribution in [0.5, 0.6) is 0 Å². The van der Waals surface area contributed by atoms with Crippen molar-refractivity contribution in [3.63, 3.8) is 0 Å². The highest BCUT2D eigenvalue weighted by Crippen LogP contribution is 2.50. The van der Waals surface area contributed by atoms with Crippen LogP contribution in [0.2, 0.25) is 0 Å². The highest BCUT2D eigenvalue weighted by molar-refractivity contribution is 7.91. The predicted octanol–water partition coefficient (Wildman–Crippen LogP) is -0.688. The van der Waals surface area contributed by atoms with Gasteiger partial charge in [0.2, 0.25) is 0 Å². The summed E-state index contributed by atoms with van der Waals surface area (Å²) in [5.74, 6) is -0.488. The molecule has 1 saturated carbocycles. The Morgan fingerprint density at radius 1 is 1.64 bits per heavy atom. The fourth-order valence-electron chi connectivity index (χ4n) is 1.62. The molecule has 0 radical (unpaired) electrons. The Morgan fingerprint density at radius 2 is 2.21 bits per heavy atom. The van der Waals surface area contributed by atoms with Gasteiger partial charge in [0, 0.05) is 12.8 Å². The lowest BCUT2D eigenvalue weighted by atomic mass is 10.1. The normalized spacial score (nSPS) is 31.2. The lowest BCUT2D eigenvalue weighted by Gasteiger charge is -2.12. The number of rotatable bonds is 4. The molecule has 1 fully saturated rings. The Hall–Kier alpha value is -0.620. The van der Waals surface area contributed by atoms with E-state index in [-0.39, 0.29) is 13.2 Å². The Bertz CT molecular complexity index is 337. The fourth-order valence-corrected chi connectivity index (χ4v) is 3.23. The molecule has 1 rings (SSSR count). The molecule has 0 amide bonds. The molecule has 1 aliphatic rings. The van der Waals surface area contributed by atoms with Crippen molar-refractivity contribution in [1.29, 1.82) is 0 Å². The summed E-state index contributed by atoms with van der Waals surface area (Å²) in [7, 11) is -3.19. The van der Waals surface area contributed by atoms with E-state index >= 15 is 0 Å². The third kappa shape index (κ3) is 1.76. The molecule has 14 heavy (non-hydrogen) atoms. The van der Waals surface area contributed by atoms with Crippen molar-refractivity contribution in [2.24, 2.45) is 11.1 Å². The Morgan fingerprint density at radius 3 is 2.50 bits per heavy atom. The van der Waals surface area contributed by atoms with Gasteiger partial charge in [0.15, 0.2) is 9.84 Å². The number of hydrogen-bond acceptors (Lipinski definition) is 5. The van der Waals surface area contributed by atoms with Gasteiger partial charge in [-0.25, -0.2) is 8.42 Å². The quantitative estimate of drug-likeness (QED) is 0.635. The number of carbonyl (C=O) groups excluding carboxylic acids is 1. The minimum Gasteiger partial charge on any atom is -0.465 e. The van der Waals surface area contributed by atoms with Crippen LogP contribution >= 0.6 is 0 Å². The van der Waals surface area contributed by atoms with E-state index in [0.717, 1.165) is 6.26 Å². The lowest BCUT2D eigenvalue weighted by molar-refractivity contribution is -0.149. The summed E-state index contributed by atoms with van der Waals surface area (Å²) in [6, 6.07) is 0. The monoisotopic (exact) mass is 221 g/mol. The predicted molar refractivity (Wildman–Crippen MR) is 51.4 cm³/mol. The van der Waals surface area contributed by atoms with Crippen molar-refractivity contribution in [3.05, 3.63) is 0 Å². The Kier molecular flexibility index (Phi) is 2.87. The smallest absolute Gasteiger partial charge is 0.314 e. The van der Waals surface area contributed by atoms with Crippen molar-refractivity contribution in [2.75, 3.05) is 19.4 Å². The molecule has 0 aromatic rings. The summed E-state index contributed by atoms with van der Waals surface area (Å²) in [4.78, 5) is 11.4. The minimum absolute atomic E-state index is 0.0313. The molecular formula is C8H15NO4S. The largest absolute Gasteiger partial charge is 0.465 e. The first-order chi connectivity index (χ1) is 6.38. The van der Waals surface area contributed by atoms with E-state index in [1.54, 1.807) is 6.92 Å². The highest BCUT2D eigenvalue weighted by atomic mass is 32.2. The van der Waals surface area contributed by atoms with E-state index < -0.39 is 26.5 Å². The number of sulfone groups is 1. The van der Waals surface area contributed by atoms with Gasteiger partial charge in [0.25, 0.3) is 0 Å². The van der Waals surface area contributed by atoms with Gasteiger partial charge in [-0.3, -0.25) is 4.79 Å². The van der Waals surface area contributed by atoms with Crippen molar-refractivity contribution >= 4 is 15.8 Å². The van der Waals surface area contributed by atoms with Gasteiger partial charge in [-0.05, 0) is 13.3 Å². The van der Waals surface area contributed by atoms with Crippen LogP contribution in [-0.2, 0) is 19.4 Å². The molecule has 2 N–H and O–H groups in total. The number of hydrogen-bond donors (Lipinski definition) is 1. The van der Waals surface area contributed by atoms with Gasteiger partial charge in [-0.2, -0.15) is 0 Å². The second-order valence-electron chi connectivity index (χ2n) is 3.60. The third-order valence-electron chi connectivity index (χ3n) is 2.57. The molecule has 0 bridgehead atoms. The maximum absolute atomic E-state index is 11.4. The van der Waals surface area contributed by atoms with Crippen LogP contribution in [0, 0.1) is 5.41 Å². The van der Waals surface area contributed by atoms with Gasteiger partial charge in [-0.15, -0.1) is 0 Å². The second-order valence-corrected chi connectivity index (χ2v) is 5.83. The second kappa shape index (κ2) is 3.51. The van der Waals surface area contributed by atoms with Crippen molar-refractivity contribution in [1.82, 2.24) is 0 Å². The molecule has 82 valence electrons. The van der Waals surface area contributed by atoms with Gasteiger partial charge in [-0.1, -0.05) is 0 Å². The minimum atomic E-state index is -3.19. The summed E-state index contributed by atoms with van der Waals surface area (Å²) in [5, 5.41) is -0.654. The Labute approximate surface area is 83.5 Å². The molecule has 0 heterocycles.